The summed E-state index contributed by atoms with van der Waals surface area (Å²) in [6.45, 7) is 3.74. The van der Waals surface area contributed by atoms with Crippen LogP contribution in [0.3, 0.4) is 0 Å². The van der Waals surface area contributed by atoms with Crippen molar-refractivity contribution in [1.29, 1.82) is 0 Å². The van der Waals surface area contributed by atoms with Gasteiger partial charge in [-0.2, -0.15) is 0 Å². The van der Waals surface area contributed by atoms with E-state index in [1.165, 1.54) is 11.1 Å². The van der Waals surface area contributed by atoms with E-state index in [4.69, 9.17) is 4.74 Å². The third kappa shape index (κ3) is 1.87. The molecular weight excluding hydrogens is 250 g/mol. The average molecular weight is 275 g/mol. The number of ether oxygens (including phenoxy) is 1. The molecule has 1 aromatic rings. The fourth-order valence-corrected chi connectivity index (χ4v) is 4.47. The minimum Gasteiger partial charge on any atom is -0.497 e. The van der Waals surface area contributed by atoms with Crippen molar-refractivity contribution in [3.05, 3.63) is 29.3 Å². The number of hydrogen-bond donors (Lipinski definition) is 1. The van der Waals surface area contributed by atoms with Crippen LogP contribution in [-0.2, 0) is 11.8 Å². The molecule has 1 unspecified atom stereocenters. The van der Waals surface area contributed by atoms with E-state index in [1.54, 1.807) is 7.11 Å². The molecule has 20 heavy (non-hydrogen) atoms. The fraction of sp³-hybridized carbons (Fsp3) is 0.647. The van der Waals surface area contributed by atoms with Gasteiger partial charge in [-0.3, -0.25) is 0 Å². The van der Waals surface area contributed by atoms with Gasteiger partial charge < -0.3 is 14.7 Å². The zero-order valence-electron chi connectivity index (χ0n) is 12.7. The summed E-state index contributed by atoms with van der Waals surface area (Å²) in [5, 5.41) is 9.62. The van der Waals surface area contributed by atoms with E-state index in [1.807, 2.05) is 0 Å². The maximum Gasteiger partial charge on any atom is 0.119 e. The molecule has 110 valence electrons. The predicted octanol–water partition coefficient (Wildman–Crippen LogP) is 2.21. The van der Waals surface area contributed by atoms with Crippen LogP contribution in [0.15, 0.2) is 18.2 Å². The van der Waals surface area contributed by atoms with Crippen molar-refractivity contribution in [2.24, 2.45) is 5.92 Å². The van der Waals surface area contributed by atoms with Crippen LogP contribution in [-0.4, -0.2) is 43.4 Å². The molecule has 0 spiro atoms. The molecule has 1 heterocycles. The normalized spacial score (nSPS) is 32.8. The van der Waals surface area contributed by atoms with Gasteiger partial charge in [-0.1, -0.05) is 13.0 Å². The molecule has 1 fully saturated rings. The molecule has 1 aliphatic heterocycles. The summed E-state index contributed by atoms with van der Waals surface area (Å²) >= 11 is 0. The van der Waals surface area contributed by atoms with Crippen LogP contribution < -0.4 is 4.74 Å². The van der Waals surface area contributed by atoms with Crippen molar-refractivity contribution in [3.8, 4) is 5.75 Å². The summed E-state index contributed by atoms with van der Waals surface area (Å²) in [5.41, 5.74) is 2.98. The van der Waals surface area contributed by atoms with Crippen LogP contribution in [0.25, 0.3) is 0 Å². The Morgan fingerprint density at radius 3 is 2.95 bits per heavy atom. The highest BCUT2D eigenvalue weighted by Crippen LogP contribution is 2.51. The molecule has 3 nitrogen and oxygen atoms in total. The number of aliphatic hydroxyl groups is 1. The quantitative estimate of drug-likeness (QED) is 0.918. The first-order valence-corrected chi connectivity index (χ1v) is 7.61. The molecule has 1 aliphatic carbocycles. The van der Waals surface area contributed by atoms with Crippen molar-refractivity contribution in [1.82, 2.24) is 4.90 Å². The van der Waals surface area contributed by atoms with Gasteiger partial charge in [0.15, 0.2) is 0 Å². The number of aliphatic hydroxyl groups excluding tert-OH is 1. The highest BCUT2D eigenvalue weighted by atomic mass is 16.5. The van der Waals surface area contributed by atoms with Gasteiger partial charge in [-0.15, -0.1) is 0 Å². The number of rotatable bonds is 3. The van der Waals surface area contributed by atoms with E-state index >= 15 is 0 Å². The lowest BCUT2D eigenvalue weighted by atomic mass is 9.56. The zero-order chi connectivity index (χ0) is 14.3. The Kier molecular flexibility index (Phi) is 3.51. The number of nitrogens with zero attached hydrogens (tertiary/aromatic N) is 1. The van der Waals surface area contributed by atoms with Gasteiger partial charge in [0, 0.05) is 18.1 Å². The molecular formula is C17H25NO2. The van der Waals surface area contributed by atoms with Crippen molar-refractivity contribution in [2.45, 2.75) is 37.6 Å². The molecule has 0 saturated carbocycles. The Hall–Kier alpha value is -1.06. The second-order valence-electron chi connectivity index (χ2n) is 6.44. The minimum absolute atomic E-state index is 0.119. The smallest absolute Gasteiger partial charge is 0.119 e. The van der Waals surface area contributed by atoms with Gasteiger partial charge in [-0.05, 0) is 62.0 Å². The van der Waals surface area contributed by atoms with Crippen LogP contribution in [0.4, 0.5) is 0 Å². The molecule has 1 N–H and O–H groups in total. The summed E-state index contributed by atoms with van der Waals surface area (Å²) < 4.78 is 5.42. The molecule has 2 bridgehead atoms. The molecule has 0 aromatic heterocycles. The Morgan fingerprint density at radius 1 is 1.45 bits per heavy atom. The topological polar surface area (TPSA) is 32.7 Å². The van der Waals surface area contributed by atoms with Crippen LogP contribution in [0.5, 0.6) is 5.75 Å². The number of piperidine rings is 1. The van der Waals surface area contributed by atoms with E-state index in [2.05, 4.69) is 37.1 Å². The number of likely N-dealkylation sites (N-methyl/N-ethyl adjacent to an activating group) is 1. The molecule has 2 aliphatic rings. The largest absolute Gasteiger partial charge is 0.497 e. The Morgan fingerprint density at radius 2 is 2.25 bits per heavy atom. The lowest BCUT2D eigenvalue weighted by Gasteiger charge is -2.55. The first-order chi connectivity index (χ1) is 9.62. The highest BCUT2D eigenvalue weighted by molar-refractivity contribution is 5.45. The third-order valence-electron chi connectivity index (χ3n) is 5.77. The average Bonchev–Trinajstić information content (AvgIpc) is 2.46. The van der Waals surface area contributed by atoms with Crippen molar-refractivity contribution < 1.29 is 9.84 Å². The second-order valence-corrected chi connectivity index (χ2v) is 6.44. The van der Waals surface area contributed by atoms with Crippen LogP contribution in [0, 0.1) is 5.92 Å². The van der Waals surface area contributed by atoms with Crippen LogP contribution in [0.1, 0.15) is 30.9 Å². The Balaban J connectivity index is 2.14. The second kappa shape index (κ2) is 5.05. The van der Waals surface area contributed by atoms with E-state index in [-0.39, 0.29) is 12.0 Å². The molecule has 1 aromatic carbocycles. The molecule has 0 radical (unpaired) electrons. The summed E-state index contributed by atoms with van der Waals surface area (Å²) in [5.74, 6) is 1.51. The van der Waals surface area contributed by atoms with E-state index < -0.39 is 0 Å². The van der Waals surface area contributed by atoms with Crippen molar-refractivity contribution in [2.75, 3.05) is 27.3 Å². The molecule has 1 saturated heterocycles. The fourth-order valence-electron chi connectivity index (χ4n) is 4.47. The standard InChI is InChI=1S/C17H25NO2/c1-12-16-10-13-4-5-14(20-3)11-15(13)17(12,7-9-19)6-8-18(16)2/h4-5,11-12,16,19H,6-10H2,1-3H3/t12-,16+,17?/m1/s1. The highest BCUT2D eigenvalue weighted by Gasteiger charge is 2.49. The van der Waals surface area contributed by atoms with Crippen molar-refractivity contribution >= 4 is 0 Å². The number of benzene rings is 1. The van der Waals surface area contributed by atoms with Gasteiger partial charge in [-0.25, -0.2) is 0 Å². The van der Waals surface area contributed by atoms with E-state index in [0.29, 0.717) is 12.0 Å². The maximum atomic E-state index is 9.62. The molecule has 3 heteroatoms. The van der Waals surface area contributed by atoms with E-state index in [0.717, 1.165) is 31.6 Å². The van der Waals surface area contributed by atoms with Gasteiger partial charge >= 0.3 is 0 Å². The third-order valence-corrected chi connectivity index (χ3v) is 5.77. The molecule has 3 atom stereocenters. The monoisotopic (exact) mass is 275 g/mol. The van der Waals surface area contributed by atoms with Gasteiger partial charge in [0.05, 0.1) is 7.11 Å². The van der Waals surface area contributed by atoms with Gasteiger partial charge in [0.1, 0.15) is 5.75 Å². The zero-order valence-corrected chi connectivity index (χ0v) is 12.7. The number of hydrogen-bond acceptors (Lipinski definition) is 3. The first-order valence-electron chi connectivity index (χ1n) is 7.61. The number of likely N-dealkylation sites (tertiary alicyclic amines) is 1. The van der Waals surface area contributed by atoms with Gasteiger partial charge in [0.2, 0.25) is 0 Å². The van der Waals surface area contributed by atoms with Crippen LogP contribution >= 0.6 is 0 Å². The summed E-state index contributed by atoms with van der Waals surface area (Å²) in [7, 11) is 3.96. The lowest BCUT2D eigenvalue weighted by molar-refractivity contribution is 0.0265. The number of fused-ring (bicyclic) bond motifs is 4. The SMILES string of the molecule is COc1ccc2c(c1)C1(CCO)CCN(C)[C@@H](C2)[C@H]1C. The summed E-state index contributed by atoms with van der Waals surface area (Å²) in [4.78, 5) is 2.49. The first kappa shape index (κ1) is 13.9. The van der Waals surface area contributed by atoms with E-state index in [9.17, 15) is 5.11 Å². The van der Waals surface area contributed by atoms with Crippen molar-refractivity contribution in [3.63, 3.8) is 0 Å². The maximum absolute atomic E-state index is 9.62. The van der Waals surface area contributed by atoms with Gasteiger partial charge in [0.25, 0.3) is 0 Å². The van der Waals surface area contributed by atoms with Crippen LogP contribution in [0.2, 0.25) is 0 Å². The summed E-state index contributed by atoms with van der Waals surface area (Å²) in [6, 6.07) is 7.09. The summed E-state index contributed by atoms with van der Waals surface area (Å²) in [6.07, 6.45) is 3.10. The lowest BCUT2D eigenvalue weighted by Crippen LogP contribution is -2.58. The molecule has 0 amide bonds. The number of methoxy groups -OCH3 is 1. The Labute approximate surface area is 121 Å². The predicted molar refractivity (Wildman–Crippen MR) is 80.3 cm³/mol. The minimum atomic E-state index is 0.119. The molecule has 3 rings (SSSR count). The Bertz CT molecular complexity index is 502.